The lowest BCUT2D eigenvalue weighted by atomic mass is 10.2. The minimum atomic E-state index is -0.977. The summed E-state index contributed by atoms with van der Waals surface area (Å²) in [6.07, 6.45) is 1.50. The molecule has 0 saturated carbocycles. The maximum absolute atomic E-state index is 11.5. The molecule has 0 saturated heterocycles. The lowest BCUT2D eigenvalue weighted by molar-refractivity contribution is -0.141. The third-order valence-corrected chi connectivity index (χ3v) is 2.76. The minimum Gasteiger partial charge on any atom is -0.481 e. The average molecular weight is 317 g/mol. The molecule has 1 rings (SSSR count). The number of hydrogen-bond donors (Lipinski definition) is 2. The zero-order valence-corrected chi connectivity index (χ0v) is 11.3. The van der Waals surface area contributed by atoms with Crippen molar-refractivity contribution in [2.75, 3.05) is 6.54 Å². The van der Waals surface area contributed by atoms with Crippen LogP contribution in [0, 0.1) is 5.92 Å². The Kier molecular flexibility index (Phi) is 5.08. The average Bonchev–Trinajstić information content (AvgIpc) is 2.30. The third-order valence-electron chi connectivity index (χ3n) is 2.29. The summed E-state index contributed by atoms with van der Waals surface area (Å²) >= 11 is 3.20. The van der Waals surface area contributed by atoms with Crippen molar-refractivity contribution in [3.05, 3.63) is 33.2 Å². The van der Waals surface area contributed by atoms with Gasteiger partial charge < -0.3 is 15.0 Å². The van der Waals surface area contributed by atoms with Gasteiger partial charge in [0.05, 0.1) is 5.92 Å². The molecule has 7 heteroatoms. The Morgan fingerprint density at radius 3 is 2.78 bits per heavy atom. The molecule has 0 spiro atoms. The molecule has 1 heterocycles. The van der Waals surface area contributed by atoms with Gasteiger partial charge in [-0.1, -0.05) is 6.92 Å². The minimum absolute atomic E-state index is 0.0386. The summed E-state index contributed by atoms with van der Waals surface area (Å²) in [7, 11) is 0. The Labute approximate surface area is 112 Å². The summed E-state index contributed by atoms with van der Waals surface area (Å²) in [5.41, 5.74) is -0.292. The molecule has 1 aromatic heterocycles. The van der Waals surface area contributed by atoms with Gasteiger partial charge >= 0.3 is 5.97 Å². The molecular weight excluding hydrogens is 304 g/mol. The lowest BCUT2D eigenvalue weighted by Crippen LogP contribution is -2.35. The van der Waals surface area contributed by atoms with Crippen molar-refractivity contribution >= 4 is 27.8 Å². The van der Waals surface area contributed by atoms with Crippen molar-refractivity contribution in [1.82, 2.24) is 9.88 Å². The highest BCUT2D eigenvalue weighted by Gasteiger charge is 2.12. The van der Waals surface area contributed by atoms with Gasteiger partial charge in [-0.2, -0.15) is 0 Å². The molecule has 0 aliphatic rings. The summed E-state index contributed by atoms with van der Waals surface area (Å²) < 4.78 is 1.93. The third kappa shape index (κ3) is 4.33. The Balaban J connectivity index is 2.57. The maximum Gasteiger partial charge on any atom is 0.308 e. The van der Waals surface area contributed by atoms with Gasteiger partial charge in [-0.3, -0.25) is 14.4 Å². The second-order valence-corrected chi connectivity index (χ2v) is 4.77. The van der Waals surface area contributed by atoms with Crippen LogP contribution in [0.25, 0.3) is 0 Å². The molecule has 1 atom stereocenters. The first kappa shape index (κ1) is 14.4. The molecule has 98 valence electrons. The number of halogens is 1. The predicted molar refractivity (Wildman–Crippen MR) is 68.2 cm³/mol. The number of amides is 1. The molecule has 2 N–H and O–H groups in total. The van der Waals surface area contributed by atoms with Crippen LogP contribution in [0.15, 0.2) is 27.6 Å². The Morgan fingerprint density at radius 2 is 2.17 bits per heavy atom. The number of aliphatic carboxylic acids is 1. The van der Waals surface area contributed by atoms with Crippen LogP contribution >= 0.6 is 15.9 Å². The largest absolute Gasteiger partial charge is 0.481 e. The van der Waals surface area contributed by atoms with Crippen molar-refractivity contribution in [1.29, 1.82) is 0 Å². The van der Waals surface area contributed by atoms with Gasteiger partial charge in [-0.15, -0.1) is 0 Å². The van der Waals surface area contributed by atoms with Gasteiger partial charge in [0, 0.05) is 23.3 Å². The molecule has 0 radical (unpaired) electrons. The summed E-state index contributed by atoms with van der Waals surface area (Å²) in [5, 5.41) is 11.1. The summed E-state index contributed by atoms with van der Waals surface area (Å²) in [5.74, 6) is -2.04. The molecule has 1 amide bonds. The van der Waals surface area contributed by atoms with Crippen molar-refractivity contribution in [2.45, 2.75) is 13.5 Å². The molecule has 6 nitrogen and oxygen atoms in total. The first-order valence-electron chi connectivity index (χ1n) is 5.25. The normalized spacial score (nSPS) is 11.9. The van der Waals surface area contributed by atoms with Crippen LogP contribution in [0.1, 0.15) is 6.92 Å². The Bertz CT molecular complexity index is 512. The lowest BCUT2D eigenvalue weighted by Gasteiger charge is -2.09. The highest BCUT2D eigenvalue weighted by atomic mass is 79.9. The van der Waals surface area contributed by atoms with Crippen LogP contribution in [0.3, 0.4) is 0 Å². The van der Waals surface area contributed by atoms with Crippen molar-refractivity contribution in [3.63, 3.8) is 0 Å². The molecule has 0 aliphatic heterocycles. The molecule has 0 aliphatic carbocycles. The smallest absolute Gasteiger partial charge is 0.308 e. The first-order valence-corrected chi connectivity index (χ1v) is 6.05. The number of pyridine rings is 1. The second-order valence-electron chi connectivity index (χ2n) is 3.86. The number of carbonyl (C=O) groups excluding carboxylic acids is 1. The zero-order chi connectivity index (χ0) is 13.7. The molecular formula is C11H13BrN2O4. The topological polar surface area (TPSA) is 88.4 Å². The number of rotatable bonds is 5. The molecule has 0 fully saturated rings. The number of nitrogens with one attached hydrogen (secondary N) is 1. The number of nitrogens with zero attached hydrogens (tertiary/aromatic N) is 1. The summed E-state index contributed by atoms with van der Waals surface area (Å²) in [6.45, 7) is 1.40. The van der Waals surface area contributed by atoms with Crippen LogP contribution in [0.2, 0.25) is 0 Å². The molecule has 18 heavy (non-hydrogen) atoms. The van der Waals surface area contributed by atoms with E-state index >= 15 is 0 Å². The van der Waals surface area contributed by atoms with E-state index < -0.39 is 17.8 Å². The van der Waals surface area contributed by atoms with E-state index in [9.17, 15) is 14.4 Å². The van der Waals surface area contributed by atoms with Crippen LogP contribution in [-0.2, 0) is 16.1 Å². The molecule has 1 unspecified atom stereocenters. The van der Waals surface area contributed by atoms with Crippen molar-refractivity contribution in [3.8, 4) is 0 Å². The zero-order valence-electron chi connectivity index (χ0n) is 9.72. The van der Waals surface area contributed by atoms with Crippen LogP contribution in [-0.4, -0.2) is 28.1 Å². The van der Waals surface area contributed by atoms with E-state index in [1.54, 1.807) is 6.07 Å². The summed E-state index contributed by atoms with van der Waals surface area (Å²) in [6, 6.07) is 2.93. The Hall–Kier alpha value is -1.63. The highest BCUT2D eigenvalue weighted by molar-refractivity contribution is 9.10. The highest BCUT2D eigenvalue weighted by Crippen LogP contribution is 2.04. The van der Waals surface area contributed by atoms with Crippen molar-refractivity contribution in [2.24, 2.45) is 5.92 Å². The molecule has 0 aromatic carbocycles. The first-order chi connectivity index (χ1) is 8.40. The van der Waals surface area contributed by atoms with E-state index in [4.69, 9.17) is 5.11 Å². The van der Waals surface area contributed by atoms with Gasteiger partial charge in [0.2, 0.25) is 5.91 Å². The number of carboxylic acids is 1. The van der Waals surface area contributed by atoms with Gasteiger partial charge in [-0.05, 0) is 22.0 Å². The fraction of sp³-hybridized carbons (Fsp3) is 0.364. The second kappa shape index (κ2) is 6.34. The number of aromatic nitrogens is 1. The van der Waals surface area contributed by atoms with Crippen LogP contribution in [0.5, 0.6) is 0 Å². The monoisotopic (exact) mass is 316 g/mol. The molecule has 1 aromatic rings. The summed E-state index contributed by atoms with van der Waals surface area (Å²) in [4.78, 5) is 33.5. The maximum atomic E-state index is 11.5. The fourth-order valence-electron chi connectivity index (χ4n) is 1.19. The van der Waals surface area contributed by atoms with E-state index in [0.717, 1.165) is 0 Å². The van der Waals surface area contributed by atoms with E-state index in [1.165, 1.54) is 23.8 Å². The van der Waals surface area contributed by atoms with Gasteiger partial charge in [0.15, 0.2) is 0 Å². The van der Waals surface area contributed by atoms with E-state index in [-0.39, 0.29) is 18.6 Å². The standard InChI is InChI=1S/C11H13BrN2O4/c1-7(11(17)18)4-13-9(15)6-14-5-8(12)2-3-10(14)16/h2-3,5,7H,4,6H2,1H3,(H,13,15)(H,17,18). The molecule has 0 bridgehead atoms. The quantitative estimate of drug-likeness (QED) is 0.825. The van der Waals surface area contributed by atoms with Gasteiger partial charge in [0.1, 0.15) is 6.54 Å². The number of carbonyl (C=O) groups is 2. The van der Waals surface area contributed by atoms with E-state index in [0.29, 0.717) is 4.47 Å². The predicted octanol–water partition coefficient (Wildman–Crippen LogP) is 0.448. The van der Waals surface area contributed by atoms with Crippen LogP contribution in [0.4, 0.5) is 0 Å². The fourth-order valence-corrected chi connectivity index (χ4v) is 1.57. The van der Waals surface area contributed by atoms with Crippen LogP contribution < -0.4 is 10.9 Å². The SMILES string of the molecule is CC(CNC(=O)Cn1cc(Br)ccc1=O)C(=O)O. The number of carboxylic acid groups (broad SMARTS) is 1. The van der Waals surface area contributed by atoms with Crippen molar-refractivity contribution < 1.29 is 14.7 Å². The van der Waals surface area contributed by atoms with E-state index in [2.05, 4.69) is 21.2 Å². The number of hydrogen-bond acceptors (Lipinski definition) is 3. The van der Waals surface area contributed by atoms with Gasteiger partial charge in [-0.25, -0.2) is 0 Å². The Morgan fingerprint density at radius 1 is 1.50 bits per heavy atom. The van der Waals surface area contributed by atoms with E-state index in [1.807, 2.05) is 0 Å². The van der Waals surface area contributed by atoms with Gasteiger partial charge in [0.25, 0.3) is 5.56 Å².